The Bertz CT molecular complexity index is 427. The smallest absolute Gasteiger partial charge is 0.251 e. The molecule has 0 heterocycles. The number of rotatable bonds is 6. The molecule has 5 nitrogen and oxygen atoms in total. The molecule has 0 spiro atoms. The Balaban J connectivity index is 2.52. The maximum Gasteiger partial charge on any atom is 0.251 e. The summed E-state index contributed by atoms with van der Waals surface area (Å²) in [5.41, 5.74) is 1.47. The van der Waals surface area contributed by atoms with E-state index in [1.54, 1.807) is 24.3 Å². The minimum absolute atomic E-state index is 0.00441. The van der Waals surface area contributed by atoms with Gasteiger partial charge in [-0.05, 0) is 17.7 Å². The molecule has 0 aliphatic rings. The topological polar surface area (TPSA) is 78.4 Å². The lowest BCUT2D eigenvalue weighted by molar-refractivity contribution is -0.124. The number of hydrogen-bond donors (Lipinski definition) is 3. The largest absolute Gasteiger partial charge is 0.395 e. The van der Waals surface area contributed by atoms with Gasteiger partial charge in [-0.25, -0.2) is 0 Å². The van der Waals surface area contributed by atoms with Crippen LogP contribution in [0.15, 0.2) is 24.3 Å². The Morgan fingerprint density at radius 3 is 2.32 bits per heavy atom. The third kappa shape index (κ3) is 5.09. The normalized spacial score (nSPS) is 10.3. The summed E-state index contributed by atoms with van der Waals surface area (Å²) in [4.78, 5) is 23.0. The molecule has 3 N–H and O–H groups in total. The third-order valence-corrected chi connectivity index (χ3v) is 2.60. The SMILES string of the molecule is CC(C)C(=O)NCc1ccc(C(=O)NCCO)cc1. The molecule has 0 saturated heterocycles. The van der Waals surface area contributed by atoms with E-state index >= 15 is 0 Å². The van der Waals surface area contributed by atoms with Gasteiger partial charge >= 0.3 is 0 Å². The van der Waals surface area contributed by atoms with Gasteiger partial charge in [-0.2, -0.15) is 0 Å². The first kappa shape index (κ1) is 15.2. The molecule has 19 heavy (non-hydrogen) atoms. The van der Waals surface area contributed by atoms with Crippen LogP contribution in [0.2, 0.25) is 0 Å². The summed E-state index contributed by atoms with van der Waals surface area (Å²) in [5.74, 6) is -0.250. The van der Waals surface area contributed by atoms with Crippen molar-refractivity contribution >= 4 is 11.8 Å². The lowest BCUT2D eigenvalue weighted by Gasteiger charge is -2.08. The van der Waals surface area contributed by atoms with E-state index in [0.717, 1.165) is 5.56 Å². The van der Waals surface area contributed by atoms with Crippen molar-refractivity contribution in [2.75, 3.05) is 13.2 Å². The Morgan fingerprint density at radius 2 is 1.79 bits per heavy atom. The summed E-state index contributed by atoms with van der Waals surface area (Å²) in [7, 11) is 0. The molecule has 0 bridgehead atoms. The van der Waals surface area contributed by atoms with Gasteiger partial charge in [0.05, 0.1) is 6.61 Å². The highest BCUT2D eigenvalue weighted by atomic mass is 16.3. The van der Waals surface area contributed by atoms with Crippen LogP contribution in [-0.2, 0) is 11.3 Å². The summed E-state index contributed by atoms with van der Waals surface area (Å²) in [6.07, 6.45) is 0. The molecule has 0 aliphatic heterocycles. The number of aliphatic hydroxyl groups excluding tert-OH is 1. The second-order valence-electron chi connectivity index (χ2n) is 4.55. The van der Waals surface area contributed by atoms with Crippen molar-refractivity contribution in [3.63, 3.8) is 0 Å². The molecule has 1 aromatic carbocycles. The van der Waals surface area contributed by atoms with E-state index < -0.39 is 0 Å². The fourth-order valence-electron chi connectivity index (χ4n) is 1.44. The molecule has 1 aromatic rings. The van der Waals surface area contributed by atoms with Crippen molar-refractivity contribution in [3.8, 4) is 0 Å². The minimum Gasteiger partial charge on any atom is -0.395 e. The summed E-state index contributed by atoms with van der Waals surface area (Å²) in [6, 6.07) is 7.00. The summed E-state index contributed by atoms with van der Waals surface area (Å²) >= 11 is 0. The lowest BCUT2D eigenvalue weighted by atomic mass is 10.1. The predicted molar refractivity (Wildman–Crippen MR) is 72.5 cm³/mol. The molecule has 104 valence electrons. The molecule has 0 radical (unpaired) electrons. The zero-order chi connectivity index (χ0) is 14.3. The average Bonchev–Trinajstić information content (AvgIpc) is 2.42. The molecule has 2 amide bonds. The van der Waals surface area contributed by atoms with Gasteiger partial charge in [0.1, 0.15) is 0 Å². The standard InChI is InChI=1S/C14H20N2O3/c1-10(2)13(18)16-9-11-3-5-12(6-4-11)14(19)15-7-8-17/h3-6,10,17H,7-9H2,1-2H3,(H,15,19)(H,16,18). The van der Waals surface area contributed by atoms with E-state index in [2.05, 4.69) is 10.6 Å². The maximum absolute atomic E-state index is 11.6. The highest BCUT2D eigenvalue weighted by molar-refractivity contribution is 5.94. The molecule has 0 saturated carbocycles. The van der Waals surface area contributed by atoms with Gasteiger partial charge < -0.3 is 15.7 Å². The Labute approximate surface area is 113 Å². The van der Waals surface area contributed by atoms with E-state index in [-0.39, 0.29) is 30.9 Å². The average molecular weight is 264 g/mol. The fraction of sp³-hybridized carbons (Fsp3) is 0.429. The number of aliphatic hydroxyl groups is 1. The first-order valence-corrected chi connectivity index (χ1v) is 6.30. The van der Waals surface area contributed by atoms with Crippen LogP contribution in [0.4, 0.5) is 0 Å². The highest BCUT2D eigenvalue weighted by Crippen LogP contribution is 2.04. The molecule has 0 fully saturated rings. The zero-order valence-electron chi connectivity index (χ0n) is 11.3. The quantitative estimate of drug-likeness (QED) is 0.707. The Kier molecular flexibility index (Phi) is 6.02. The monoisotopic (exact) mass is 264 g/mol. The van der Waals surface area contributed by atoms with E-state index in [0.29, 0.717) is 12.1 Å². The molecule has 0 unspecified atom stereocenters. The second-order valence-corrected chi connectivity index (χ2v) is 4.55. The van der Waals surface area contributed by atoms with Crippen molar-refractivity contribution in [1.82, 2.24) is 10.6 Å². The van der Waals surface area contributed by atoms with Gasteiger partial charge in [0.15, 0.2) is 0 Å². The van der Waals surface area contributed by atoms with Gasteiger partial charge in [-0.3, -0.25) is 9.59 Å². The van der Waals surface area contributed by atoms with Gasteiger partial charge in [0.25, 0.3) is 5.91 Å². The maximum atomic E-state index is 11.6. The van der Waals surface area contributed by atoms with Crippen LogP contribution in [-0.4, -0.2) is 30.1 Å². The zero-order valence-corrected chi connectivity index (χ0v) is 11.3. The molecule has 0 aromatic heterocycles. The molecular weight excluding hydrogens is 244 g/mol. The first-order chi connectivity index (χ1) is 9.04. The number of nitrogens with one attached hydrogen (secondary N) is 2. The molecular formula is C14H20N2O3. The van der Waals surface area contributed by atoms with Crippen molar-refractivity contribution < 1.29 is 14.7 Å². The number of benzene rings is 1. The Hall–Kier alpha value is -1.88. The van der Waals surface area contributed by atoms with Gasteiger partial charge in [-0.1, -0.05) is 26.0 Å². The summed E-state index contributed by atoms with van der Waals surface area (Å²) in [6.45, 7) is 4.29. The minimum atomic E-state index is -0.216. The number of carbonyl (C=O) groups is 2. The van der Waals surface area contributed by atoms with Crippen LogP contribution in [0.5, 0.6) is 0 Å². The fourth-order valence-corrected chi connectivity index (χ4v) is 1.44. The van der Waals surface area contributed by atoms with Crippen LogP contribution in [0, 0.1) is 5.92 Å². The van der Waals surface area contributed by atoms with Gasteiger partial charge in [-0.15, -0.1) is 0 Å². The first-order valence-electron chi connectivity index (χ1n) is 6.30. The second kappa shape index (κ2) is 7.53. The number of amides is 2. The summed E-state index contributed by atoms with van der Waals surface area (Å²) in [5, 5.41) is 14.0. The van der Waals surface area contributed by atoms with E-state index in [4.69, 9.17) is 5.11 Å². The van der Waals surface area contributed by atoms with Crippen LogP contribution in [0.1, 0.15) is 29.8 Å². The van der Waals surface area contributed by atoms with Crippen LogP contribution >= 0.6 is 0 Å². The van der Waals surface area contributed by atoms with Gasteiger partial charge in [0.2, 0.25) is 5.91 Å². The van der Waals surface area contributed by atoms with Crippen LogP contribution in [0.25, 0.3) is 0 Å². The molecule has 0 aliphatic carbocycles. The van der Waals surface area contributed by atoms with Crippen molar-refractivity contribution in [2.24, 2.45) is 5.92 Å². The number of carbonyl (C=O) groups excluding carboxylic acids is 2. The summed E-state index contributed by atoms with van der Waals surface area (Å²) < 4.78 is 0. The van der Waals surface area contributed by atoms with E-state index in [1.807, 2.05) is 13.8 Å². The molecule has 1 rings (SSSR count). The number of hydrogen-bond acceptors (Lipinski definition) is 3. The van der Waals surface area contributed by atoms with Crippen molar-refractivity contribution in [2.45, 2.75) is 20.4 Å². The van der Waals surface area contributed by atoms with E-state index in [9.17, 15) is 9.59 Å². The third-order valence-electron chi connectivity index (χ3n) is 2.60. The Morgan fingerprint density at radius 1 is 1.16 bits per heavy atom. The highest BCUT2D eigenvalue weighted by Gasteiger charge is 2.07. The van der Waals surface area contributed by atoms with Gasteiger partial charge in [0, 0.05) is 24.6 Å². The van der Waals surface area contributed by atoms with Crippen molar-refractivity contribution in [1.29, 1.82) is 0 Å². The van der Waals surface area contributed by atoms with E-state index in [1.165, 1.54) is 0 Å². The van der Waals surface area contributed by atoms with Crippen LogP contribution in [0.3, 0.4) is 0 Å². The molecule has 0 atom stereocenters. The molecule has 5 heteroatoms. The lowest BCUT2D eigenvalue weighted by Crippen LogP contribution is -2.27. The van der Waals surface area contributed by atoms with Crippen LogP contribution < -0.4 is 10.6 Å². The van der Waals surface area contributed by atoms with Crippen molar-refractivity contribution in [3.05, 3.63) is 35.4 Å². The predicted octanol–water partition coefficient (Wildman–Crippen LogP) is 0.681.